The van der Waals surface area contributed by atoms with Gasteiger partial charge in [0, 0.05) is 6.42 Å². The molecule has 4 nitrogen and oxygen atoms in total. The van der Waals surface area contributed by atoms with E-state index in [2.05, 4.69) is 23.8 Å². The number of rotatable bonds is 1. The number of carbonyl (C=O) groups is 1. The van der Waals surface area contributed by atoms with Crippen LogP contribution in [-0.2, 0) is 9.53 Å². The summed E-state index contributed by atoms with van der Waals surface area (Å²) in [6.07, 6.45) is 2.09. The van der Waals surface area contributed by atoms with Gasteiger partial charge in [-0.1, -0.05) is 6.92 Å². The Labute approximate surface area is 84.8 Å². The second kappa shape index (κ2) is 3.51. The first-order valence-corrected chi connectivity index (χ1v) is 5.32. The van der Waals surface area contributed by atoms with Gasteiger partial charge < -0.3 is 9.64 Å². The van der Waals surface area contributed by atoms with Gasteiger partial charge in [-0.2, -0.15) is 0 Å². The minimum atomic E-state index is -0.307. The number of likely N-dealkylation sites (N-methyl/N-ethyl adjacent to an activating group) is 2. The van der Waals surface area contributed by atoms with Gasteiger partial charge in [0.25, 0.3) is 0 Å². The van der Waals surface area contributed by atoms with Crippen LogP contribution in [0.3, 0.4) is 0 Å². The van der Waals surface area contributed by atoms with E-state index in [9.17, 15) is 4.79 Å². The highest BCUT2D eigenvalue weighted by atomic mass is 16.6. The van der Waals surface area contributed by atoms with Crippen molar-refractivity contribution in [2.75, 3.05) is 33.2 Å². The van der Waals surface area contributed by atoms with Crippen molar-refractivity contribution >= 4 is 5.97 Å². The molecule has 2 heterocycles. The molecule has 0 aliphatic carbocycles. The number of hydrogen-bond donors (Lipinski definition) is 0. The van der Waals surface area contributed by atoms with Gasteiger partial charge in [0.1, 0.15) is 6.54 Å². The number of hydrogen-bond acceptors (Lipinski definition) is 4. The lowest BCUT2D eigenvalue weighted by atomic mass is 10.0. The van der Waals surface area contributed by atoms with Gasteiger partial charge in [0.2, 0.25) is 0 Å². The lowest BCUT2D eigenvalue weighted by Gasteiger charge is -2.41. The summed E-state index contributed by atoms with van der Waals surface area (Å²) in [7, 11) is 2.08. The molecule has 0 N–H and O–H groups in total. The molecule has 0 aromatic rings. The first kappa shape index (κ1) is 9.93. The zero-order valence-electron chi connectivity index (χ0n) is 8.95. The van der Waals surface area contributed by atoms with E-state index in [0.29, 0.717) is 6.54 Å². The van der Waals surface area contributed by atoms with Gasteiger partial charge in [-0.05, 0) is 26.6 Å². The van der Waals surface area contributed by atoms with Crippen molar-refractivity contribution in [3.05, 3.63) is 0 Å². The molecule has 14 heavy (non-hydrogen) atoms. The minimum absolute atomic E-state index is 0.0675. The molecule has 2 aliphatic rings. The van der Waals surface area contributed by atoms with Gasteiger partial charge in [-0.3, -0.25) is 9.69 Å². The number of nitrogens with zero attached hydrogens (tertiary/aromatic N) is 2. The maximum absolute atomic E-state index is 11.3. The molecule has 80 valence electrons. The lowest BCUT2D eigenvalue weighted by molar-refractivity contribution is -0.162. The van der Waals surface area contributed by atoms with Gasteiger partial charge in [-0.25, -0.2) is 0 Å². The van der Waals surface area contributed by atoms with E-state index in [0.717, 1.165) is 32.5 Å². The number of likely N-dealkylation sites (tertiary alicyclic amines) is 1. The van der Waals surface area contributed by atoms with E-state index in [1.807, 2.05) is 0 Å². The Bertz CT molecular complexity index is 244. The maximum atomic E-state index is 11.3. The summed E-state index contributed by atoms with van der Waals surface area (Å²) >= 11 is 0. The highest BCUT2D eigenvalue weighted by Crippen LogP contribution is 2.32. The average molecular weight is 198 g/mol. The van der Waals surface area contributed by atoms with Crippen molar-refractivity contribution in [3.63, 3.8) is 0 Å². The Kier molecular flexibility index (Phi) is 2.49. The Morgan fingerprint density at radius 1 is 1.57 bits per heavy atom. The first-order valence-electron chi connectivity index (χ1n) is 5.32. The standard InChI is InChI=1S/C10H18N2O2/c1-3-12-7-9(13)14-10(12)5-4-6-11(2)8-10/h3-8H2,1-2H3. The molecular formula is C10H18N2O2. The van der Waals surface area contributed by atoms with Crippen LogP contribution < -0.4 is 0 Å². The summed E-state index contributed by atoms with van der Waals surface area (Å²) in [4.78, 5) is 15.7. The van der Waals surface area contributed by atoms with Crippen LogP contribution in [0.5, 0.6) is 0 Å². The summed E-state index contributed by atoms with van der Waals surface area (Å²) < 4.78 is 5.51. The number of esters is 1. The smallest absolute Gasteiger partial charge is 0.322 e. The Morgan fingerprint density at radius 2 is 2.36 bits per heavy atom. The first-order chi connectivity index (χ1) is 6.66. The van der Waals surface area contributed by atoms with Crippen molar-refractivity contribution in [3.8, 4) is 0 Å². The normalized spacial score (nSPS) is 35.1. The molecule has 2 fully saturated rings. The quantitative estimate of drug-likeness (QED) is 0.567. The fourth-order valence-corrected chi connectivity index (χ4v) is 2.56. The fraction of sp³-hybridized carbons (Fsp3) is 0.900. The van der Waals surface area contributed by atoms with E-state index >= 15 is 0 Å². The van der Waals surface area contributed by atoms with Crippen molar-refractivity contribution in [1.82, 2.24) is 9.80 Å². The third-order valence-corrected chi connectivity index (χ3v) is 3.21. The molecule has 0 aromatic carbocycles. The molecule has 1 spiro atoms. The Hall–Kier alpha value is -0.610. The minimum Gasteiger partial charge on any atom is -0.441 e. The second-order valence-corrected chi connectivity index (χ2v) is 4.28. The predicted octanol–water partition coefficient (Wildman–Crippen LogP) is 0.287. The van der Waals surface area contributed by atoms with Crippen molar-refractivity contribution in [2.45, 2.75) is 25.5 Å². The van der Waals surface area contributed by atoms with Crippen molar-refractivity contribution in [1.29, 1.82) is 0 Å². The third-order valence-electron chi connectivity index (χ3n) is 3.21. The lowest BCUT2D eigenvalue weighted by Crippen LogP contribution is -2.55. The number of piperidine rings is 1. The van der Waals surface area contributed by atoms with Gasteiger partial charge >= 0.3 is 5.97 Å². The summed E-state index contributed by atoms with van der Waals surface area (Å²) in [5.41, 5.74) is -0.307. The van der Waals surface area contributed by atoms with Crippen LogP contribution in [0, 0.1) is 0 Å². The van der Waals surface area contributed by atoms with Crippen LogP contribution in [0.25, 0.3) is 0 Å². The Balaban J connectivity index is 2.15. The molecule has 1 atom stereocenters. The number of carbonyl (C=O) groups excluding carboxylic acids is 1. The van der Waals surface area contributed by atoms with E-state index in [1.54, 1.807) is 0 Å². The SMILES string of the molecule is CCN1CC(=O)OC12CCCN(C)C2. The van der Waals surface area contributed by atoms with E-state index in [-0.39, 0.29) is 11.7 Å². The average Bonchev–Trinajstić information content (AvgIpc) is 2.41. The molecule has 0 radical (unpaired) electrons. The monoisotopic (exact) mass is 198 g/mol. The number of ether oxygens (including phenoxy) is 1. The fourth-order valence-electron chi connectivity index (χ4n) is 2.56. The predicted molar refractivity (Wildman–Crippen MR) is 52.8 cm³/mol. The van der Waals surface area contributed by atoms with Crippen LogP contribution in [0.4, 0.5) is 0 Å². The van der Waals surface area contributed by atoms with Gasteiger partial charge in [-0.15, -0.1) is 0 Å². The zero-order valence-corrected chi connectivity index (χ0v) is 8.95. The summed E-state index contributed by atoms with van der Waals surface area (Å²) in [6, 6.07) is 0. The second-order valence-electron chi connectivity index (χ2n) is 4.28. The van der Waals surface area contributed by atoms with E-state index in [1.165, 1.54) is 0 Å². The zero-order chi connectivity index (χ0) is 10.2. The molecule has 0 saturated carbocycles. The molecule has 2 rings (SSSR count). The van der Waals surface area contributed by atoms with Crippen LogP contribution >= 0.6 is 0 Å². The summed E-state index contributed by atoms with van der Waals surface area (Å²) in [6.45, 7) is 5.39. The van der Waals surface area contributed by atoms with Crippen LogP contribution in [-0.4, -0.2) is 54.7 Å². The highest BCUT2D eigenvalue weighted by molar-refractivity contribution is 5.74. The van der Waals surface area contributed by atoms with E-state index < -0.39 is 0 Å². The van der Waals surface area contributed by atoms with Crippen molar-refractivity contribution < 1.29 is 9.53 Å². The molecule has 0 aromatic heterocycles. The van der Waals surface area contributed by atoms with E-state index in [4.69, 9.17) is 4.74 Å². The third kappa shape index (κ3) is 1.53. The summed E-state index contributed by atoms with van der Waals surface area (Å²) in [5, 5.41) is 0. The molecule has 4 heteroatoms. The molecule has 0 amide bonds. The molecular weight excluding hydrogens is 180 g/mol. The largest absolute Gasteiger partial charge is 0.441 e. The highest BCUT2D eigenvalue weighted by Gasteiger charge is 2.48. The molecule has 2 aliphatic heterocycles. The van der Waals surface area contributed by atoms with Crippen LogP contribution in [0.15, 0.2) is 0 Å². The summed E-state index contributed by atoms with van der Waals surface area (Å²) in [5.74, 6) is -0.0675. The maximum Gasteiger partial charge on any atom is 0.322 e. The molecule has 2 saturated heterocycles. The van der Waals surface area contributed by atoms with Gasteiger partial charge in [0.05, 0.1) is 6.54 Å². The van der Waals surface area contributed by atoms with Crippen molar-refractivity contribution in [2.24, 2.45) is 0 Å². The van der Waals surface area contributed by atoms with Crippen LogP contribution in [0.1, 0.15) is 19.8 Å². The van der Waals surface area contributed by atoms with Gasteiger partial charge in [0.15, 0.2) is 5.72 Å². The Morgan fingerprint density at radius 3 is 3.00 bits per heavy atom. The topological polar surface area (TPSA) is 32.8 Å². The molecule has 1 unspecified atom stereocenters. The van der Waals surface area contributed by atoms with Crippen LogP contribution in [0.2, 0.25) is 0 Å². The molecule has 0 bridgehead atoms.